The summed E-state index contributed by atoms with van der Waals surface area (Å²) in [7, 11) is 0. The van der Waals surface area contributed by atoms with Crippen LogP contribution >= 0.6 is 0 Å². The maximum Gasteiger partial charge on any atom is 0.118 e. The fourth-order valence-corrected chi connectivity index (χ4v) is 2.62. The third-order valence-electron chi connectivity index (χ3n) is 3.64. The lowest BCUT2D eigenvalue weighted by Crippen LogP contribution is -2.44. The van der Waals surface area contributed by atoms with Crippen LogP contribution in [0, 0.1) is 5.92 Å². The molecule has 1 rings (SSSR count). The smallest absolute Gasteiger partial charge is 0.118 e. The Balaban J connectivity index is 2.10. The van der Waals surface area contributed by atoms with Crippen LogP contribution < -0.4 is 17.2 Å². The minimum atomic E-state index is 0.291. The van der Waals surface area contributed by atoms with Gasteiger partial charge >= 0.3 is 0 Å². The largest absolute Gasteiger partial charge is 0.330 e. The molecule has 0 saturated heterocycles. The van der Waals surface area contributed by atoms with Gasteiger partial charge < -0.3 is 17.2 Å². The topological polar surface area (TPSA) is 78.1 Å². The van der Waals surface area contributed by atoms with Gasteiger partial charge in [-0.3, -0.25) is 0 Å². The van der Waals surface area contributed by atoms with Gasteiger partial charge in [0.05, 0.1) is 0 Å². The Morgan fingerprint density at radius 2 is 2.00 bits per heavy atom. The first-order valence-corrected chi connectivity index (χ1v) is 6.41. The maximum absolute atomic E-state index is 6.82. The van der Waals surface area contributed by atoms with Crippen molar-refractivity contribution in [2.75, 3.05) is 6.54 Å². The van der Waals surface area contributed by atoms with E-state index in [-0.39, 0.29) is 0 Å². The molecular weight excluding hydrogens is 186 g/mol. The van der Waals surface area contributed by atoms with Gasteiger partial charge in [0.1, 0.15) is 1.41 Å². The summed E-state index contributed by atoms with van der Waals surface area (Å²) in [6.07, 6.45) is 9.46. The number of nitrogens with two attached hydrogens (primary N) is 3. The molecule has 90 valence electrons. The molecule has 0 aliphatic heterocycles. The van der Waals surface area contributed by atoms with Gasteiger partial charge in [0.25, 0.3) is 0 Å². The molecule has 0 aromatic rings. The second kappa shape index (κ2) is 7.20. The highest BCUT2D eigenvalue weighted by Gasteiger charge is 2.26. The van der Waals surface area contributed by atoms with Crippen molar-refractivity contribution in [3.8, 4) is 0 Å². The van der Waals surface area contributed by atoms with E-state index in [1.54, 1.807) is 0 Å². The zero-order valence-corrected chi connectivity index (χ0v) is 9.75. The second-order valence-electron chi connectivity index (χ2n) is 4.88. The quantitative estimate of drug-likeness (QED) is 0.560. The van der Waals surface area contributed by atoms with Crippen LogP contribution in [0.2, 0.25) is 1.41 Å². The molecule has 6 N–H and O–H groups in total. The molecule has 0 amide bonds. The van der Waals surface area contributed by atoms with Crippen LogP contribution in [0.1, 0.15) is 51.4 Å². The first kappa shape index (κ1) is 11.4. The van der Waals surface area contributed by atoms with E-state index in [1.807, 2.05) is 0 Å². The first-order chi connectivity index (χ1) is 7.75. The van der Waals surface area contributed by atoms with Gasteiger partial charge in [0, 0.05) is 12.1 Å². The number of unbranched alkanes of at least 4 members (excludes halogenated alkanes) is 2. The predicted molar refractivity (Wildman–Crippen MR) is 65.4 cm³/mol. The maximum atomic E-state index is 6.82. The van der Waals surface area contributed by atoms with Crippen molar-refractivity contribution in [1.29, 1.82) is 0 Å². The molecule has 1 fully saturated rings. The molecule has 1 saturated carbocycles. The Hall–Kier alpha value is -0.120. The fraction of sp³-hybridized carbons (Fsp3) is 1.00. The SMILES string of the molecule is [2H]NCCCCCC(N)C1CCCCC1N. The third kappa shape index (κ3) is 4.49. The van der Waals surface area contributed by atoms with Crippen molar-refractivity contribution in [2.45, 2.75) is 63.5 Å². The van der Waals surface area contributed by atoms with E-state index in [1.165, 1.54) is 32.1 Å². The highest BCUT2D eigenvalue weighted by molar-refractivity contribution is 4.85. The molecule has 0 aromatic carbocycles. The molecule has 3 heteroatoms. The van der Waals surface area contributed by atoms with Crippen LogP contribution in [0.3, 0.4) is 0 Å². The molecule has 3 nitrogen and oxygen atoms in total. The average molecular weight is 214 g/mol. The Morgan fingerprint density at radius 3 is 2.73 bits per heavy atom. The average Bonchev–Trinajstić information content (AvgIpc) is 2.29. The zero-order chi connectivity index (χ0) is 11.8. The standard InChI is InChI=1S/C12H27N3/c13-9-5-1-2-7-11(14)10-6-3-4-8-12(10)15/h10-12H,1-9,13-15H2/i/hD. The Morgan fingerprint density at radius 1 is 1.20 bits per heavy atom. The Kier molecular flexibility index (Phi) is 5.46. The molecule has 0 spiro atoms. The van der Waals surface area contributed by atoms with E-state index in [0.29, 0.717) is 18.0 Å². The Labute approximate surface area is 95.2 Å². The van der Waals surface area contributed by atoms with E-state index in [0.717, 1.165) is 25.8 Å². The summed E-state index contributed by atoms with van der Waals surface area (Å²) in [6, 6.07) is 0.623. The van der Waals surface area contributed by atoms with E-state index in [9.17, 15) is 0 Å². The predicted octanol–water partition coefficient (Wildman–Crippen LogP) is 1.35. The monoisotopic (exact) mass is 214 g/mol. The molecule has 0 aromatic heterocycles. The molecule has 0 bridgehead atoms. The van der Waals surface area contributed by atoms with Crippen molar-refractivity contribution >= 4 is 0 Å². The van der Waals surface area contributed by atoms with E-state index < -0.39 is 0 Å². The van der Waals surface area contributed by atoms with E-state index in [2.05, 4.69) is 5.73 Å². The van der Waals surface area contributed by atoms with Crippen LogP contribution in [0.25, 0.3) is 0 Å². The van der Waals surface area contributed by atoms with Crippen LogP contribution in [0.15, 0.2) is 0 Å². The van der Waals surface area contributed by atoms with Crippen molar-refractivity contribution in [1.82, 2.24) is 0 Å². The zero-order valence-electron chi connectivity index (χ0n) is 10.8. The summed E-state index contributed by atoms with van der Waals surface area (Å²) in [4.78, 5) is 0. The van der Waals surface area contributed by atoms with E-state index >= 15 is 0 Å². The molecule has 1 aliphatic rings. The number of rotatable bonds is 7. The molecule has 3 atom stereocenters. The molecule has 0 radical (unpaired) electrons. The normalized spacial score (nSPS) is 29.9. The van der Waals surface area contributed by atoms with Gasteiger partial charge in [-0.1, -0.05) is 25.7 Å². The lowest BCUT2D eigenvalue weighted by Gasteiger charge is -2.33. The van der Waals surface area contributed by atoms with E-state index in [4.69, 9.17) is 12.9 Å². The third-order valence-corrected chi connectivity index (χ3v) is 3.64. The van der Waals surface area contributed by atoms with Crippen molar-refractivity contribution < 1.29 is 1.41 Å². The van der Waals surface area contributed by atoms with Crippen molar-refractivity contribution in [2.24, 2.45) is 23.1 Å². The summed E-state index contributed by atoms with van der Waals surface area (Å²) in [5.74, 6) is 0.544. The lowest BCUT2D eigenvalue weighted by atomic mass is 9.79. The highest BCUT2D eigenvalue weighted by atomic mass is 14.7. The number of hydrogen-bond acceptors (Lipinski definition) is 3. The number of hydrogen-bond donors (Lipinski definition) is 3. The molecule has 3 unspecified atom stereocenters. The lowest BCUT2D eigenvalue weighted by molar-refractivity contribution is 0.252. The summed E-state index contributed by atoms with van der Waals surface area (Å²) in [5, 5.41) is 0. The summed E-state index contributed by atoms with van der Waals surface area (Å²) >= 11 is 0. The molecule has 15 heavy (non-hydrogen) atoms. The van der Waals surface area contributed by atoms with Crippen LogP contribution in [0.5, 0.6) is 0 Å². The highest BCUT2D eigenvalue weighted by Crippen LogP contribution is 2.26. The van der Waals surface area contributed by atoms with Gasteiger partial charge in [0.15, 0.2) is 0 Å². The van der Waals surface area contributed by atoms with Crippen molar-refractivity contribution in [3.63, 3.8) is 0 Å². The van der Waals surface area contributed by atoms with Crippen LogP contribution in [-0.2, 0) is 0 Å². The van der Waals surface area contributed by atoms with Gasteiger partial charge in [0.2, 0.25) is 0 Å². The Bertz CT molecular complexity index is 178. The molecular formula is C12H27N3. The van der Waals surface area contributed by atoms with Gasteiger partial charge in [-0.25, -0.2) is 0 Å². The van der Waals surface area contributed by atoms with Gasteiger partial charge in [-0.05, 0) is 38.1 Å². The van der Waals surface area contributed by atoms with Crippen LogP contribution in [0.4, 0.5) is 0 Å². The second-order valence-corrected chi connectivity index (χ2v) is 4.88. The van der Waals surface area contributed by atoms with Crippen molar-refractivity contribution in [3.05, 3.63) is 0 Å². The molecule has 0 heterocycles. The summed E-state index contributed by atoms with van der Waals surface area (Å²) < 4.78 is 6.82. The summed E-state index contributed by atoms with van der Waals surface area (Å²) in [5.41, 5.74) is 14.8. The minimum Gasteiger partial charge on any atom is -0.330 e. The minimum absolute atomic E-state index is 0.291. The first-order valence-electron chi connectivity index (χ1n) is 6.91. The summed E-state index contributed by atoms with van der Waals surface area (Å²) in [6.45, 7) is 0.790. The molecule has 1 aliphatic carbocycles. The van der Waals surface area contributed by atoms with Crippen LogP contribution in [-0.4, -0.2) is 18.6 Å². The fourth-order valence-electron chi connectivity index (χ4n) is 2.62. The van der Waals surface area contributed by atoms with Gasteiger partial charge in [-0.15, -0.1) is 0 Å². The van der Waals surface area contributed by atoms with Gasteiger partial charge in [-0.2, -0.15) is 0 Å².